The van der Waals surface area contributed by atoms with Crippen molar-refractivity contribution in [2.75, 3.05) is 12.3 Å². The van der Waals surface area contributed by atoms with Crippen LogP contribution >= 0.6 is 0 Å². The summed E-state index contributed by atoms with van der Waals surface area (Å²) < 4.78 is 41.3. The number of halogens is 2. The lowest BCUT2D eigenvalue weighted by Gasteiger charge is -2.23. The average Bonchev–Trinajstić information content (AvgIpc) is 3.62. The zero-order valence-corrected chi connectivity index (χ0v) is 23.8. The molecule has 0 aliphatic carbocycles. The molecule has 11 nitrogen and oxygen atoms in total. The van der Waals surface area contributed by atoms with Gasteiger partial charge < -0.3 is 20.1 Å². The van der Waals surface area contributed by atoms with E-state index in [1.165, 1.54) is 23.4 Å². The molecule has 0 bridgehead atoms. The number of carbonyl (C=O) groups excluding carboxylic acids is 1. The fourth-order valence-corrected chi connectivity index (χ4v) is 5.16. The van der Waals surface area contributed by atoms with Crippen molar-refractivity contribution in [1.29, 1.82) is 0 Å². The highest BCUT2D eigenvalue weighted by atomic mass is 19.1. The molecule has 0 spiro atoms. The van der Waals surface area contributed by atoms with Crippen LogP contribution in [0.3, 0.4) is 0 Å². The van der Waals surface area contributed by atoms with E-state index in [0.717, 1.165) is 12.0 Å². The first kappa shape index (κ1) is 28.6. The van der Waals surface area contributed by atoms with Crippen molar-refractivity contribution in [3.8, 4) is 28.5 Å². The van der Waals surface area contributed by atoms with Crippen LogP contribution in [-0.4, -0.2) is 53.1 Å². The number of carbonyl (C=O) groups is 1. The summed E-state index contributed by atoms with van der Waals surface area (Å²) >= 11 is 0. The zero-order chi connectivity index (χ0) is 30.8. The first-order chi connectivity index (χ1) is 21.2. The molecule has 1 aliphatic rings. The Hall–Kier alpha value is -5.46. The molecule has 5 aromatic rings. The maximum atomic E-state index is 14.4. The van der Waals surface area contributed by atoms with E-state index >= 15 is 0 Å². The lowest BCUT2D eigenvalue weighted by Crippen LogP contribution is -2.38. The summed E-state index contributed by atoms with van der Waals surface area (Å²) in [5.74, 6) is -0.318. The third-order valence-electron chi connectivity index (χ3n) is 7.26. The number of hydrogen-bond acceptors (Lipinski definition) is 9. The third kappa shape index (κ3) is 6.02. The maximum Gasteiger partial charge on any atom is 0.282 e. The molecule has 0 saturated carbocycles. The van der Waals surface area contributed by atoms with Crippen LogP contribution in [-0.2, 0) is 17.9 Å². The molecule has 0 unspecified atom stereocenters. The number of benzene rings is 2. The molecular formula is C31H28F2N8O3. The van der Waals surface area contributed by atoms with Crippen molar-refractivity contribution in [3.05, 3.63) is 90.8 Å². The number of rotatable bonds is 9. The Morgan fingerprint density at radius 1 is 1.07 bits per heavy atom. The van der Waals surface area contributed by atoms with E-state index in [4.69, 9.17) is 20.3 Å². The van der Waals surface area contributed by atoms with E-state index in [1.807, 2.05) is 0 Å². The third-order valence-corrected chi connectivity index (χ3v) is 7.26. The first-order valence-electron chi connectivity index (χ1n) is 13.9. The number of likely N-dealkylation sites (tertiary alicyclic amines) is 1. The zero-order valence-electron chi connectivity index (χ0n) is 23.8. The van der Waals surface area contributed by atoms with Gasteiger partial charge in [0.1, 0.15) is 53.3 Å². The predicted molar refractivity (Wildman–Crippen MR) is 158 cm³/mol. The Morgan fingerprint density at radius 3 is 2.57 bits per heavy atom. The Kier molecular flexibility index (Phi) is 7.84. The largest absolute Gasteiger partial charge is 0.489 e. The first-order valence-corrected chi connectivity index (χ1v) is 13.9. The molecule has 0 radical (unpaired) electrons. The fourth-order valence-electron chi connectivity index (χ4n) is 5.16. The van der Waals surface area contributed by atoms with E-state index in [9.17, 15) is 13.6 Å². The minimum atomic E-state index is -0.990. The van der Waals surface area contributed by atoms with Gasteiger partial charge in [-0.05, 0) is 44.0 Å². The van der Waals surface area contributed by atoms with Crippen LogP contribution in [0.5, 0.6) is 17.2 Å². The van der Waals surface area contributed by atoms with Gasteiger partial charge in [0.25, 0.3) is 5.91 Å². The molecular weight excluding hydrogens is 570 g/mol. The standard InChI is InChI=1S/C31H28F2N8O3/c1-18(32)31(42)40-9-3-4-23(40)15-41-30-27(29(34)37-17-38-30)28(39-41)21-5-7-24(8-6-21)44-26-11-22(33)10-25(12-26)43-16-20-13-35-19(2)36-14-20/h5-8,10-14,17,23H,1,3-4,9,15-16H2,2H3,(H2,34,37,38)/t23-/m1/s1. The van der Waals surface area contributed by atoms with Crippen LogP contribution < -0.4 is 15.2 Å². The van der Waals surface area contributed by atoms with Gasteiger partial charge in [0, 0.05) is 48.3 Å². The van der Waals surface area contributed by atoms with Gasteiger partial charge >= 0.3 is 0 Å². The SMILES string of the molecule is C=C(F)C(=O)N1CCC[C@@H]1Cn1nc(-c2ccc(Oc3cc(F)cc(OCc4cnc(C)nc4)c3)cc2)c2c(N)ncnc21. The van der Waals surface area contributed by atoms with Crippen LogP contribution in [0.15, 0.2) is 73.6 Å². The number of anilines is 1. The lowest BCUT2D eigenvalue weighted by atomic mass is 10.1. The monoisotopic (exact) mass is 598 g/mol. The summed E-state index contributed by atoms with van der Waals surface area (Å²) in [7, 11) is 0. The maximum absolute atomic E-state index is 14.4. The molecule has 6 rings (SSSR count). The van der Waals surface area contributed by atoms with E-state index < -0.39 is 17.6 Å². The number of aromatic nitrogens is 6. The molecule has 13 heteroatoms. The summed E-state index contributed by atoms with van der Waals surface area (Å²) in [5, 5.41) is 5.33. The summed E-state index contributed by atoms with van der Waals surface area (Å²) in [6, 6.07) is 10.9. The highest BCUT2D eigenvalue weighted by Crippen LogP contribution is 2.34. The van der Waals surface area contributed by atoms with Crippen LogP contribution in [0.25, 0.3) is 22.3 Å². The van der Waals surface area contributed by atoms with Crippen molar-refractivity contribution >= 4 is 22.8 Å². The van der Waals surface area contributed by atoms with Crippen molar-refractivity contribution < 1.29 is 23.0 Å². The Morgan fingerprint density at radius 2 is 1.82 bits per heavy atom. The highest BCUT2D eigenvalue weighted by Gasteiger charge is 2.31. The minimum Gasteiger partial charge on any atom is -0.489 e. The summed E-state index contributed by atoms with van der Waals surface area (Å²) in [5.41, 5.74) is 8.75. The number of nitrogen functional groups attached to an aromatic ring is 1. The van der Waals surface area contributed by atoms with Gasteiger partial charge in [-0.2, -0.15) is 5.10 Å². The number of amides is 1. The lowest BCUT2D eigenvalue weighted by molar-refractivity contribution is -0.129. The number of nitrogens with two attached hydrogens (primary N) is 1. The average molecular weight is 599 g/mol. The van der Waals surface area contributed by atoms with E-state index in [1.54, 1.807) is 54.3 Å². The molecule has 224 valence electrons. The Bertz CT molecular complexity index is 1840. The highest BCUT2D eigenvalue weighted by molar-refractivity contribution is 5.98. The molecule has 1 fully saturated rings. The smallest absolute Gasteiger partial charge is 0.282 e. The van der Waals surface area contributed by atoms with E-state index in [0.29, 0.717) is 59.1 Å². The van der Waals surface area contributed by atoms with Gasteiger partial charge in [-0.25, -0.2) is 33.4 Å². The Labute approximate surface area is 251 Å². The fraction of sp³-hybridized carbons (Fsp3) is 0.226. The van der Waals surface area contributed by atoms with Gasteiger partial charge in [0.2, 0.25) is 0 Å². The van der Waals surface area contributed by atoms with Crippen molar-refractivity contribution in [3.63, 3.8) is 0 Å². The summed E-state index contributed by atoms with van der Waals surface area (Å²) in [6.45, 7) is 5.86. The quantitative estimate of drug-likeness (QED) is 0.228. The van der Waals surface area contributed by atoms with Gasteiger partial charge in [-0.3, -0.25) is 4.79 Å². The van der Waals surface area contributed by atoms with Gasteiger partial charge in [0.05, 0.1) is 18.0 Å². The topological polar surface area (TPSA) is 134 Å². The molecule has 2 aromatic carbocycles. The minimum absolute atomic E-state index is 0.172. The number of fused-ring (bicyclic) bond motifs is 1. The van der Waals surface area contributed by atoms with Crippen molar-refractivity contribution in [2.24, 2.45) is 0 Å². The van der Waals surface area contributed by atoms with E-state index in [-0.39, 0.29) is 24.2 Å². The van der Waals surface area contributed by atoms with Crippen LogP contribution in [0.4, 0.5) is 14.6 Å². The number of ether oxygens (including phenoxy) is 2. The molecule has 1 aliphatic heterocycles. The predicted octanol–water partition coefficient (Wildman–Crippen LogP) is 5.16. The van der Waals surface area contributed by atoms with Crippen LogP contribution in [0, 0.1) is 12.7 Å². The van der Waals surface area contributed by atoms with E-state index in [2.05, 4.69) is 26.5 Å². The molecule has 3 aromatic heterocycles. The molecule has 1 atom stereocenters. The van der Waals surface area contributed by atoms with Crippen molar-refractivity contribution in [1.82, 2.24) is 34.6 Å². The number of hydrogen-bond donors (Lipinski definition) is 1. The molecule has 44 heavy (non-hydrogen) atoms. The second-order valence-corrected chi connectivity index (χ2v) is 10.4. The Balaban J connectivity index is 1.21. The number of aryl methyl sites for hydroxylation is 1. The normalized spacial score (nSPS) is 14.6. The second kappa shape index (κ2) is 12.0. The molecule has 2 N–H and O–H groups in total. The summed E-state index contributed by atoms with van der Waals surface area (Å²) in [6.07, 6.45) is 6.09. The van der Waals surface area contributed by atoms with Crippen LogP contribution in [0.1, 0.15) is 24.2 Å². The van der Waals surface area contributed by atoms with Crippen LogP contribution in [0.2, 0.25) is 0 Å². The van der Waals surface area contributed by atoms with Gasteiger partial charge in [-0.15, -0.1) is 0 Å². The second-order valence-electron chi connectivity index (χ2n) is 10.4. The van der Waals surface area contributed by atoms with Crippen molar-refractivity contribution in [2.45, 2.75) is 39.0 Å². The van der Waals surface area contributed by atoms with Gasteiger partial charge in [0.15, 0.2) is 11.5 Å². The molecule has 1 amide bonds. The summed E-state index contributed by atoms with van der Waals surface area (Å²) in [4.78, 5) is 30.6. The molecule has 4 heterocycles. The van der Waals surface area contributed by atoms with Gasteiger partial charge in [-0.1, -0.05) is 6.58 Å². The number of nitrogens with zero attached hydrogens (tertiary/aromatic N) is 7. The molecule has 1 saturated heterocycles.